The van der Waals surface area contributed by atoms with Gasteiger partial charge in [0.2, 0.25) is 0 Å². The molecule has 2 N–H and O–H groups in total. The van der Waals surface area contributed by atoms with Gasteiger partial charge in [0.05, 0.1) is 26.9 Å². The van der Waals surface area contributed by atoms with Crippen LogP contribution in [0.5, 0.6) is 17.2 Å². The Morgan fingerprint density at radius 3 is 2.11 bits per heavy atom. The molecule has 0 spiro atoms. The van der Waals surface area contributed by atoms with E-state index in [2.05, 4.69) is 4.98 Å². The smallest absolute Gasteiger partial charge is 0.134 e. The van der Waals surface area contributed by atoms with Gasteiger partial charge in [0.25, 0.3) is 0 Å². The topological polar surface area (TPSA) is 66.6 Å². The molecule has 1 heterocycles. The molecule has 1 aromatic carbocycles. The van der Waals surface area contributed by atoms with Gasteiger partial charge in [-0.05, 0) is 12.1 Å². The summed E-state index contributed by atoms with van der Waals surface area (Å²) in [5.74, 6) is 2.32. The van der Waals surface area contributed by atoms with Gasteiger partial charge in [-0.25, -0.2) is 4.98 Å². The molecule has 2 aromatic rings. The summed E-state index contributed by atoms with van der Waals surface area (Å²) in [5, 5.41) is 0. The lowest BCUT2D eigenvalue weighted by Crippen LogP contribution is -1.99. The van der Waals surface area contributed by atoms with Crippen molar-refractivity contribution in [2.45, 2.75) is 0 Å². The highest BCUT2D eigenvalue weighted by molar-refractivity contribution is 5.84. The van der Waals surface area contributed by atoms with Crippen LogP contribution in [0.3, 0.4) is 0 Å². The molecular formula is C14H16N2O3. The summed E-state index contributed by atoms with van der Waals surface area (Å²) < 4.78 is 16.0. The van der Waals surface area contributed by atoms with E-state index < -0.39 is 0 Å². The first kappa shape index (κ1) is 13.0. The standard InChI is InChI=1S/C14H16N2O3/c1-17-9-7-11(18-2)13(12(8-9)19-3)10-5-4-6-16-14(10)15/h4-8H,1-3H3,(H2,15,16). The molecular weight excluding hydrogens is 244 g/mol. The minimum atomic E-state index is 0.421. The van der Waals surface area contributed by atoms with E-state index in [1.54, 1.807) is 39.7 Å². The third-order valence-electron chi connectivity index (χ3n) is 2.82. The molecule has 0 saturated carbocycles. The number of anilines is 1. The molecule has 0 aliphatic carbocycles. The van der Waals surface area contributed by atoms with Crippen LogP contribution in [-0.2, 0) is 0 Å². The van der Waals surface area contributed by atoms with Gasteiger partial charge < -0.3 is 19.9 Å². The quantitative estimate of drug-likeness (QED) is 0.914. The summed E-state index contributed by atoms with van der Waals surface area (Å²) in [5.41, 5.74) is 7.44. The van der Waals surface area contributed by atoms with Crippen molar-refractivity contribution in [2.75, 3.05) is 27.1 Å². The van der Waals surface area contributed by atoms with Gasteiger partial charge >= 0.3 is 0 Å². The average molecular weight is 260 g/mol. The number of hydrogen-bond acceptors (Lipinski definition) is 5. The summed E-state index contributed by atoms with van der Waals surface area (Å²) in [6.45, 7) is 0. The van der Waals surface area contributed by atoms with Crippen LogP contribution in [0.25, 0.3) is 11.1 Å². The van der Waals surface area contributed by atoms with E-state index in [4.69, 9.17) is 19.9 Å². The second kappa shape index (κ2) is 5.48. The maximum absolute atomic E-state index is 5.92. The summed E-state index contributed by atoms with van der Waals surface area (Å²) in [4.78, 5) is 4.08. The first-order valence-electron chi connectivity index (χ1n) is 5.72. The normalized spacial score (nSPS) is 10.1. The fourth-order valence-electron chi connectivity index (χ4n) is 1.90. The van der Waals surface area contributed by atoms with Crippen molar-refractivity contribution in [2.24, 2.45) is 0 Å². The van der Waals surface area contributed by atoms with E-state index in [9.17, 15) is 0 Å². The Kier molecular flexibility index (Phi) is 3.75. The molecule has 100 valence electrons. The summed E-state index contributed by atoms with van der Waals surface area (Å²) in [7, 11) is 4.76. The molecule has 1 aromatic heterocycles. The van der Waals surface area contributed by atoms with Gasteiger partial charge in [0.1, 0.15) is 23.1 Å². The number of nitrogen functional groups attached to an aromatic ring is 1. The molecule has 0 saturated heterocycles. The lowest BCUT2D eigenvalue weighted by Gasteiger charge is -2.15. The molecule has 2 rings (SSSR count). The zero-order valence-corrected chi connectivity index (χ0v) is 11.1. The van der Waals surface area contributed by atoms with Crippen molar-refractivity contribution in [1.29, 1.82) is 0 Å². The van der Waals surface area contributed by atoms with Crippen molar-refractivity contribution in [3.8, 4) is 28.4 Å². The number of rotatable bonds is 4. The Morgan fingerprint density at radius 2 is 1.63 bits per heavy atom. The minimum absolute atomic E-state index is 0.421. The van der Waals surface area contributed by atoms with Crippen LogP contribution in [0, 0.1) is 0 Å². The summed E-state index contributed by atoms with van der Waals surface area (Å²) in [6, 6.07) is 7.25. The molecule has 19 heavy (non-hydrogen) atoms. The fraction of sp³-hybridized carbons (Fsp3) is 0.214. The zero-order chi connectivity index (χ0) is 13.8. The SMILES string of the molecule is COc1cc(OC)c(-c2cccnc2N)c(OC)c1. The number of pyridine rings is 1. The molecule has 0 atom stereocenters. The van der Waals surface area contributed by atoms with E-state index in [0.717, 1.165) is 11.1 Å². The number of nitrogens with zero attached hydrogens (tertiary/aromatic N) is 1. The molecule has 0 amide bonds. The van der Waals surface area contributed by atoms with Gasteiger partial charge in [-0.2, -0.15) is 0 Å². The first-order valence-corrected chi connectivity index (χ1v) is 5.72. The predicted octanol–water partition coefficient (Wildman–Crippen LogP) is 2.36. The second-order valence-corrected chi connectivity index (χ2v) is 3.84. The molecule has 0 aliphatic rings. The molecule has 0 fully saturated rings. The Balaban J connectivity index is 2.71. The van der Waals surface area contributed by atoms with Crippen LogP contribution in [-0.4, -0.2) is 26.3 Å². The summed E-state index contributed by atoms with van der Waals surface area (Å²) in [6.07, 6.45) is 1.64. The van der Waals surface area contributed by atoms with Crippen molar-refractivity contribution >= 4 is 5.82 Å². The van der Waals surface area contributed by atoms with Crippen molar-refractivity contribution in [3.63, 3.8) is 0 Å². The number of ether oxygens (including phenoxy) is 3. The van der Waals surface area contributed by atoms with Crippen LogP contribution in [0.4, 0.5) is 5.82 Å². The number of aromatic nitrogens is 1. The van der Waals surface area contributed by atoms with Gasteiger partial charge in [-0.3, -0.25) is 0 Å². The molecule has 5 nitrogen and oxygen atoms in total. The second-order valence-electron chi connectivity index (χ2n) is 3.84. The molecule has 0 unspecified atom stereocenters. The Morgan fingerprint density at radius 1 is 1.00 bits per heavy atom. The van der Waals surface area contributed by atoms with Crippen LogP contribution in [0.2, 0.25) is 0 Å². The van der Waals surface area contributed by atoms with Crippen molar-refractivity contribution in [1.82, 2.24) is 4.98 Å². The monoisotopic (exact) mass is 260 g/mol. The minimum Gasteiger partial charge on any atom is -0.496 e. The van der Waals surface area contributed by atoms with Gasteiger partial charge in [0, 0.05) is 23.9 Å². The number of hydrogen-bond donors (Lipinski definition) is 1. The highest BCUT2D eigenvalue weighted by Crippen LogP contribution is 2.43. The lowest BCUT2D eigenvalue weighted by atomic mass is 10.0. The van der Waals surface area contributed by atoms with E-state index in [1.807, 2.05) is 12.1 Å². The molecule has 0 radical (unpaired) electrons. The number of benzene rings is 1. The Bertz CT molecular complexity index is 560. The third-order valence-corrected chi connectivity index (χ3v) is 2.82. The molecule has 0 aliphatic heterocycles. The van der Waals surface area contributed by atoms with Gasteiger partial charge in [-0.1, -0.05) is 0 Å². The molecule has 5 heteroatoms. The third kappa shape index (κ3) is 2.40. The highest BCUT2D eigenvalue weighted by Gasteiger charge is 2.17. The number of nitrogens with two attached hydrogens (primary N) is 1. The van der Waals surface area contributed by atoms with E-state index in [0.29, 0.717) is 23.1 Å². The van der Waals surface area contributed by atoms with Crippen LogP contribution >= 0.6 is 0 Å². The Hall–Kier alpha value is -2.43. The van der Waals surface area contributed by atoms with Crippen molar-refractivity contribution in [3.05, 3.63) is 30.5 Å². The summed E-state index contributed by atoms with van der Waals surface area (Å²) >= 11 is 0. The highest BCUT2D eigenvalue weighted by atomic mass is 16.5. The zero-order valence-electron chi connectivity index (χ0n) is 11.1. The Labute approximate surface area is 111 Å². The largest absolute Gasteiger partial charge is 0.496 e. The fourth-order valence-corrected chi connectivity index (χ4v) is 1.90. The lowest BCUT2D eigenvalue weighted by molar-refractivity contribution is 0.377. The average Bonchev–Trinajstić information content (AvgIpc) is 2.46. The number of methoxy groups -OCH3 is 3. The van der Waals surface area contributed by atoms with Gasteiger partial charge in [-0.15, -0.1) is 0 Å². The van der Waals surface area contributed by atoms with E-state index >= 15 is 0 Å². The van der Waals surface area contributed by atoms with Crippen LogP contribution in [0.15, 0.2) is 30.5 Å². The van der Waals surface area contributed by atoms with Crippen LogP contribution in [0.1, 0.15) is 0 Å². The van der Waals surface area contributed by atoms with Crippen molar-refractivity contribution < 1.29 is 14.2 Å². The maximum atomic E-state index is 5.92. The first-order chi connectivity index (χ1) is 9.21. The maximum Gasteiger partial charge on any atom is 0.134 e. The van der Waals surface area contributed by atoms with E-state index in [-0.39, 0.29) is 0 Å². The van der Waals surface area contributed by atoms with Crippen LogP contribution < -0.4 is 19.9 Å². The van der Waals surface area contributed by atoms with Gasteiger partial charge in [0.15, 0.2) is 0 Å². The van der Waals surface area contributed by atoms with E-state index in [1.165, 1.54) is 0 Å². The molecule has 0 bridgehead atoms. The predicted molar refractivity (Wildman–Crippen MR) is 73.7 cm³/mol.